The van der Waals surface area contributed by atoms with Gasteiger partial charge in [-0.05, 0) is 51.4 Å². The highest BCUT2D eigenvalue weighted by Crippen LogP contribution is 2.26. The largest absolute Gasteiger partial charge is 0.328 e. The topological polar surface area (TPSA) is 26.0 Å². The van der Waals surface area contributed by atoms with Gasteiger partial charge in [0.05, 0.1) is 0 Å². The van der Waals surface area contributed by atoms with E-state index >= 15 is 0 Å². The molecule has 0 unspecified atom stereocenters. The second-order valence-electron chi connectivity index (χ2n) is 3.93. The molecule has 0 bridgehead atoms. The van der Waals surface area contributed by atoms with E-state index in [1.54, 1.807) is 0 Å². The van der Waals surface area contributed by atoms with Crippen molar-refractivity contribution in [2.45, 2.75) is 51.5 Å². The SMILES string of the molecule is C/C=C\CCC1CCC(N)CC1. The Morgan fingerprint density at radius 2 is 1.92 bits per heavy atom. The molecule has 1 heteroatoms. The minimum atomic E-state index is 0.503. The Labute approximate surface area is 76.0 Å². The van der Waals surface area contributed by atoms with E-state index in [0.717, 1.165) is 5.92 Å². The summed E-state index contributed by atoms with van der Waals surface area (Å²) in [6.45, 7) is 2.09. The lowest BCUT2D eigenvalue weighted by Gasteiger charge is -2.25. The maximum absolute atomic E-state index is 5.84. The van der Waals surface area contributed by atoms with Gasteiger partial charge in [0.15, 0.2) is 0 Å². The normalized spacial score (nSPS) is 31.2. The lowest BCUT2D eigenvalue weighted by molar-refractivity contribution is 0.312. The third kappa shape index (κ3) is 3.40. The summed E-state index contributed by atoms with van der Waals surface area (Å²) in [5, 5.41) is 0. The lowest BCUT2D eigenvalue weighted by atomic mass is 9.84. The summed E-state index contributed by atoms with van der Waals surface area (Å²) in [5.41, 5.74) is 5.84. The van der Waals surface area contributed by atoms with Gasteiger partial charge in [-0.2, -0.15) is 0 Å². The van der Waals surface area contributed by atoms with Crippen molar-refractivity contribution in [2.75, 3.05) is 0 Å². The van der Waals surface area contributed by atoms with Crippen LogP contribution >= 0.6 is 0 Å². The van der Waals surface area contributed by atoms with E-state index in [2.05, 4.69) is 19.1 Å². The van der Waals surface area contributed by atoms with E-state index in [9.17, 15) is 0 Å². The first-order valence-electron chi connectivity index (χ1n) is 5.19. The van der Waals surface area contributed by atoms with Gasteiger partial charge in [-0.25, -0.2) is 0 Å². The molecular formula is C11H21N. The number of nitrogens with two attached hydrogens (primary N) is 1. The van der Waals surface area contributed by atoms with E-state index in [1.165, 1.54) is 38.5 Å². The summed E-state index contributed by atoms with van der Waals surface area (Å²) in [5.74, 6) is 0.959. The van der Waals surface area contributed by atoms with Crippen LogP contribution in [0, 0.1) is 5.92 Å². The zero-order valence-electron chi connectivity index (χ0n) is 8.13. The van der Waals surface area contributed by atoms with Gasteiger partial charge in [0.2, 0.25) is 0 Å². The second kappa shape index (κ2) is 5.36. The predicted molar refractivity (Wildman–Crippen MR) is 54.0 cm³/mol. The number of rotatable bonds is 3. The Morgan fingerprint density at radius 3 is 2.50 bits per heavy atom. The summed E-state index contributed by atoms with van der Waals surface area (Å²) in [4.78, 5) is 0. The Kier molecular flexibility index (Phi) is 4.37. The zero-order valence-corrected chi connectivity index (χ0v) is 8.13. The molecule has 1 nitrogen and oxygen atoms in total. The van der Waals surface area contributed by atoms with Gasteiger partial charge >= 0.3 is 0 Å². The predicted octanol–water partition coefficient (Wildman–Crippen LogP) is 2.86. The fourth-order valence-corrected chi connectivity index (χ4v) is 1.98. The van der Waals surface area contributed by atoms with Gasteiger partial charge < -0.3 is 5.73 Å². The molecule has 0 spiro atoms. The molecule has 2 N–H and O–H groups in total. The minimum Gasteiger partial charge on any atom is -0.328 e. The van der Waals surface area contributed by atoms with Crippen LogP contribution in [0.4, 0.5) is 0 Å². The van der Waals surface area contributed by atoms with Crippen LogP contribution in [-0.2, 0) is 0 Å². The molecular weight excluding hydrogens is 146 g/mol. The fraction of sp³-hybridized carbons (Fsp3) is 0.818. The molecule has 70 valence electrons. The van der Waals surface area contributed by atoms with Crippen molar-refractivity contribution in [3.63, 3.8) is 0 Å². The molecule has 1 fully saturated rings. The van der Waals surface area contributed by atoms with Gasteiger partial charge in [0.1, 0.15) is 0 Å². The molecule has 0 atom stereocenters. The molecule has 0 aromatic heterocycles. The third-order valence-electron chi connectivity index (χ3n) is 2.87. The van der Waals surface area contributed by atoms with Gasteiger partial charge in [-0.3, -0.25) is 0 Å². The molecule has 1 saturated carbocycles. The van der Waals surface area contributed by atoms with Crippen LogP contribution in [0.5, 0.6) is 0 Å². The molecule has 0 aromatic carbocycles. The molecule has 0 amide bonds. The van der Waals surface area contributed by atoms with Gasteiger partial charge in [-0.1, -0.05) is 12.2 Å². The van der Waals surface area contributed by atoms with Gasteiger partial charge in [-0.15, -0.1) is 0 Å². The molecule has 1 aliphatic carbocycles. The average Bonchev–Trinajstić information content (AvgIpc) is 2.09. The van der Waals surface area contributed by atoms with Crippen LogP contribution in [0.2, 0.25) is 0 Å². The third-order valence-corrected chi connectivity index (χ3v) is 2.87. The summed E-state index contributed by atoms with van der Waals surface area (Å²) < 4.78 is 0. The summed E-state index contributed by atoms with van der Waals surface area (Å²) in [6, 6.07) is 0.503. The summed E-state index contributed by atoms with van der Waals surface area (Å²) >= 11 is 0. The second-order valence-corrected chi connectivity index (χ2v) is 3.93. The van der Waals surface area contributed by atoms with Crippen LogP contribution in [-0.4, -0.2) is 6.04 Å². The molecule has 1 aliphatic rings. The monoisotopic (exact) mass is 167 g/mol. The number of hydrogen-bond donors (Lipinski definition) is 1. The smallest absolute Gasteiger partial charge is 0.00390 e. The molecule has 0 aliphatic heterocycles. The molecule has 0 radical (unpaired) electrons. The maximum atomic E-state index is 5.84. The summed E-state index contributed by atoms with van der Waals surface area (Å²) in [7, 11) is 0. The number of allylic oxidation sites excluding steroid dienone is 2. The van der Waals surface area contributed by atoms with Crippen molar-refractivity contribution in [1.29, 1.82) is 0 Å². The van der Waals surface area contributed by atoms with Crippen molar-refractivity contribution >= 4 is 0 Å². The Hall–Kier alpha value is -0.300. The Balaban J connectivity index is 2.09. The van der Waals surface area contributed by atoms with Crippen LogP contribution in [0.15, 0.2) is 12.2 Å². The molecule has 0 aromatic rings. The highest BCUT2D eigenvalue weighted by molar-refractivity contribution is 4.80. The standard InChI is InChI=1S/C11H21N/c1-2-3-4-5-10-6-8-11(12)9-7-10/h2-3,10-11H,4-9,12H2,1H3/b3-2-. The zero-order chi connectivity index (χ0) is 8.81. The van der Waals surface area contributed by atoms with Gasteiger partial charge in [0, 0.05) is 6.04 Å². The first kappa shape index (κ1) is 9.79. The van der Waals surface area contributed by atoms with Crippen LogP contribution < -0.4 is 5.73 Å². The van der Waals surface area contributed by atoms with Crippen molar-refractivity contribution in [3.05, 3.63) is 12.2 Å². The molecule has 0 heterocycles. The van der Waals surface area contributed by atoms with Crippen molar-refractivity contribution in [2.24, 2.45) is 11.7 Å². The molecule has 0 saturated heterocycles. The first-order valence-corrected chi connectivity index (χ1v) is 5.19. The highest BCUT2D eigenvalue weighted by atomic mass is 14.6. The fourth-order valence-electron chi connectivity index (χ4n) is 1.98. The molecule has 12 heavy (non-hydrogen) atoms. The first-order chi connectivity index (χ1) is 5.83. The highest BCUT2D eigenvalue weighted by Gasteiger charge is 2.17. The molecule has 1 rings (SSSR count). The van der Waals surface area contributed by atoms with Crippen LogP contribution in [0.1, 0.15) is 45.4 Å². The maximum Gasteiger partial charge on any atom is 0.00390 e. The van der Waals surface area contributed by atoms with E-state index < -0.39 is 0 Å². The number of hydrogen-bond acceptors (Lipinski definition) is 1. The van der Waals surface area contributed by atoms with E-state index in [1.807, 2.05) is 0 Å². The lowest BCUT2D eigenvalue weighted by Crippen LogP contribution is -2.26. The van der Waals surface area contributed by atoms with Crippen molar-refractivity contribution in [1.82, 2.24) is 0 Å². The van der Waals surface area contributed by atoms with E-state index in [4.69, 9.17) is 5.73 Å². The van der Waals surface area contributed by atoms with E-state index in [-0.39, 0.29) is 0 Å². The van der Waals surface area contributed by atoms with Crippen molar-refractivity contribution < 1.29 is 0 Å². The van der Waals surface area contributed by atoms with Gasteiger partial charge in [0.25, 0.3) is 0 Å². The minimum absolute atomic E-state index is 0.503. The Bertz CT molecular complexity index is 132. The summed E-state index contributed by atoms with van der Waals surface area (Å²) in [6.07, 6.45) is 12.3. The average molecular weight is 167 g/mol. The Morgan fingerprint density at radius 1 is 1.25 bits per heavy atom. The van der Waals surface area contributed by atoms with E-state index in [0.29, 0.717) is 6.04 Å². The quantitative estimate of drug-likeness (QED) is 0.643. The van der Waals surface area contributed by atoms with Crippen LogP contribution in [0.3, 0.4) is 0 Å². The van der Waals surface area contributed by atoms with Crippen molar-refractivity contribution in [3.8, 4) is 0 Å². The van der Waals surface area contributed by atoms with Crippen LogP contribution in [0.25, 0.3) is 0 Å².